The summed E-state index contributed by atoms with van der Waals surface area (Å²) in [4.78, 5) is 23.3. The Morgan fingerprint density at radius 1 is 1.22 bits per heavy atom. The molecule has 0 bridgehead atoms. The summed E-state index contributed by atoms with van der Waals surface area (Å²) in [5.41, 5.74) is 0.692. The summed E-state index contributed by atoms with van der Waals surface area (Å²) in [5.74, 6) is 1.71. The second-order valence-electron chi connectivity index (χ2n) is 6.52. The Hall–Kier alpha value is -1.62. The molecule has 0 aromatic carbocycles. The van der Waals surface area contributed by atoms with E-state index in [0.29, 0.717) is 11.5 Å². The molecular formula is C18H30N4O. The van der Waals surface area contributed by atoms with Gasteiger partial charge in [0.2, 0.25) is 0 Å². The topological polar surface area (TPSA) is 39.7 Å². The summed E-state index contributed by atoms with van der Waals surface area (Å²) in [7, 11) is 3.90. The van der Waals surface area contributed by atoms with Crippen LogP contribution in [0.1, 0.15) is 37.0 Å². The summed E-state index contributed by atoms with van der Waals surface area (Å²) in [6.45, 7) is 9.53. The van der Waals surface area contributed by atoms with Crippen molar-refractivity contribution in [3.63, 3.8) is 0 Å². The molecule has 1 fully saturated rings. The van der Waals surface area contributed by atoms with Crippen molar-refractivity contribution >= 4 is 11.7 Å². The lowest BCUT2D eigenvalue weighted by atomic mass is 9.95. The van der Waals surface area contributed by atoms with E-state index in [4.69, 9.17) is 0 Å². The molecule has 1 amide bonds. The van der Waals surface area contributed by atoms with Gasteiger partial charge in [0.15, 0.2) is 0 Å². The van der Waals surface area contributed by atoms with E-state index in [-0.39, 0.29) is 5.91 Å². The van der Waals surface area contributed by atoms with Gasteiger partial charge < -0.3 is 14.7 Å². The van der Waals surface area contributed by atoms with E-state index in [1.165, 1.54) is 0 Å². The van der Waals surface area contributed by atoms with Crippen molar-refractivity contribution in [1.29, 1.82) is 0 Å². The highest BCUT2D eigenvalue weighted by Crippen LogP contribution is 2.20. The molecule has 1 aromatic rings. The predicted octanol–water partition coefficient (Wildman–Crippen LogP) is 2.34. The quantitative estimate of drug-likeness (QED) is 0.807. The fraction of sp³-hybridized carbons (Fsp3) is 0.667. The van der Waals surface area contributed by atoms with Crippen molar-refractivity contribution in [3.05, 3.63) is 23.9 Å². The molecule has 2 heterocycles. The van der Waals surface area contributed by atoms with Crippen LogP contribution in [0.2, 0.25) is 0 Å². The molecule has 0 unspecified atom stereocenters. The molecule has 0 spiro atoms. The third kappa shape index (κ3) is 4.67. The Labute approximate surface area is 140 Å². The minimum atomic E-state index is 0.115. The average molecular weight is 318 g/mol. The minimum absolute atomic E-state index is 0.115. The largest absolute Gasteiger partial charge is 0.363 e. The predicted molar refractivity (Wildman–Crippen MR) is 95.0 cm³/mol. The van der Waals surface area contributed by atoms with Crippen LogP contribution in [0.15, 0.2) is 18.3 Å². The third-order valence-corrected chi connectivity index (χ3v) is 4.77. The molecule has 0 atom stereocenters. The highest BCUT2D eigenvalue weighted by Gasteiger charge is 2.24. The third-order valence-electron chi connectivity index (χ3n) is 4.77. The van der Waals surface area contributed by atoms with Gasteiger partial charge in [0, 0.05) is 39.9 Å². The summed E-state index contributed by atoms with van der Waals surface area (Å²) < 4.78 is 0. The van der Waals surface area contributed by atoms with Crippen LogP contribution < -0.4 is 4.90 Å². The Morgan fingerprint density at radius 2 is 1.87 bits per heavy atom. The minimum Gasteiger partial charge on any atom is -0.363 e. The SMILES string of the molecule is CCN(CC)CC1CCN(C(=O)c2ccc(N(C)C)nc2)CC1. The molecule has 5 nitrogen and oxygen atoms in total. The molecule has 128 valence electrons. The molecule has 23 heavy (non-hydrogen) atoms. The summed E-state index contributed by atoms with van der Waals surface area (Å²) in [5, 5.41) is 0. The standard InChI is InChI=1S/C18H30N4O/c1-5-21(6-2)14-15-9-11-22(12-10-15)18(23)16-7-8-17(19-13-16)20(3)4/h7-8,13,15H,5-6,9-12,14H2,1-4H3. The van der Waals surface area contributed by atoms with Gasteiger partial charge >= 0.3 is 0 Å². The van der Waals surface area contributed by atoms with E-state index < -0.39 is 0 Å². The van der Waals surface area contributed by atoms with Gasteiger partial charge in [-0.3, -0.25) is 4.79 Å². The van der Waals surface area contributed by atoms with Crippen LogP contribution in [-0.2, 0) is 0 Å². The molecule has 5 heteroatoms. The molecule has 0 N–H and O–H groups in total. The number of likely N-dealkylation sites (tertiary alicyclic amines) is 1. The monoisotopic (exact) mass is 318 g/mol. The van der Waals surface area contributed by atoms with Crippen molar-refractivity contribution < 1.29 is 4.79 Å². The number of carbonyl (C=O) groups excluding carboxylic acids is 1. The lowest BCUT2D eigenvalue weighted by Crippen LogP contribution is -2.41. The number of rotatable bonds is 6. The lowest BCUT2D eigenvalue weighted by molar-refractivity contribution is 0.0669. The van der Waals surface area contributed by atoms with Crippen molar-refractivity contribution in [2.45, 2.75) is 26.7 Å². The zero-order chi connectivity index (χ0) is 16.8. The maximum absolute atomic E-state index is 12.6. The summed E-state index contributed by atoms with van der Waals surface area (Å²) in [6.07, 6.45) is 3.90. The Morgan fingerprint density at radius 3 is 2.35 bits per heavy atom. The van der Waals surface area contributed by atoms with Gasteiger partial charge in [-0.2, -0.15) is 0 Å². The van der Waals surface area contributed by atoms with Gasteiger partial charge in [-0.05, 0) is 44.0 Å². The summed E-state index contributed by atoms with van der Waals surface area (Å²) >= 11 is 0. The molecule has 0 radical (unpaired) electrons. The number of carbonyl (C=O) groups is 1. The van der Waals surface area contributed by atoms with E-state index in [1.54, 1.807) is 6.20 Å². The van der Waals surface area contributed by atoms with Gasteiger partial charge in [-0.25, -0.2) is 4.98 Å². The number of piperidine rings is 1. The molecule has 1 aliphatic rings. The van der Waals surface area contributed by atoms with E-state index in [1.807, 2.05) is 36.0 Å². The normalized spacial score (nSPS) is 16.0. The molecule has 0 saturated carbocycles. The number of aromatic nitrogens is 1. The smallest absolute Gasteiger partial charge is 0.255 e. The van der Waals surface area contributed by atoms with Crippen LogP contribution >= 0.6 is 0 Å². The number of amides is 1. The second kappa shape index (κ2) is 8.29. The zero-order valence-electron chi connectivity index (χ0n) is 15.0. The molecule has 0 aliphatic carbocycles. The van der Waals surface area contributed by atoms with Crippen LogP contribution in [-0.4, -0.2) is 67.5 Å². The van der Waals surface area contributed by atoms with E-state index >= 15 is 0 Å². The van der Waals surface area contributed by atoms with Crippen LogP contribution in [0, 0.1) is 5.92 Å². The first-order valence-corrected chi connectivity index (χ1v) is 8.70. The Bertz CT molecular complexity index is 488. The fourth-order valence-corrected chi connectivity index (χ4v) is 3.13. The van der Waals surface area contributed by atoms with Crippen molar-refractivity contribution in [3.8, 4) is 0 Å². The number of nitrogens with zero attached hydrogens (tertiary/aromatic N) is 4. The maximum Gasteiger partial charge on any atom is 0.255 e. The maximum atomic E-state index is 12.6. The first-order chi connectivity index (χ1) is 11.0. The van der Waals surface area contributed by atoms with Crippen LogP contribution in [0.5, 0.6) is 0 Å². The number of pyridine rings is 1. The summed E-state index contributed by atoms with van der Waals surface area (Å²) in [6, 6.07) is 3.78. The zero-order valence-corrected chi connectivity index (χ0v) is 15.0. The number of anilines is 1. The van der Waals surface area contributed by atoms with E-state index in [2.05, 4.69) is 23.7 Å². The second-order valence-corrected chi connectivity index (χ2v) is 6.52. The van der Waals surface area contributed by atoms with Gasteiger partial charge in [0.1, 0.15) is 5.82 Å². The molecular weight excluding hydrogens is 288 g/mol. The van der Waals surface area contributed by atoms with Crippen molar-refractivity contribution in [2.24, 2.45) is 5.92 Å². The Kier molecular flexibility index (Phi) is 6.39. The van der Waals surface area contributed by atoms with Crippen molar-refractivity contribution in [1.82, 2.24) is 14.8 Å². The van der Waals surface area contributed by atoms with Crippen LogP contribution in [0.25, 0.3) is 0 Å². The number of hydrogen-bond donors (Lipinski definition) is 0. The van der Waals surface area contributed by atoms with Crippen LogP contribution in [0.3, 0.4) is 0 Å². The van der Waals surface area contributed by atoms with Gasteiger partial charge in [-0.15, -0.1) is 0 Å². The van der Waals surface area contributed by atoms with Crippen LogP contribution in [0.4, 0.5) is 5.82 Å². The first kappa shape index (κ1) is 17.7. The molecule has 2 rings (SSSR count). The van der Waals surface area contributed by atoms with Gasteiger partial charge in [0.25, 0.3) is 5.91 Å². The van der Waals surface area contributed by atoms with Gasteiger partial charge in [-0.1, -0.05) is 13.8 Å². The highest BCUT2D eigenvalue weighted by molar-refractivity contribution is 5.94. The van der Waals surface area contributed by atoms with Crippen molar-refractivity contribution in [2.75, 3.05) is 51.7 Å². The van der Waals surface area contributed by atoms with E-state index in [9.17, 15) is 4.79 Å². The van der Waals surface area contributed by atoms with Gasteiger partial charge in [0.05, 0.1) is 5.56 Å². The Balaban J connectivity index is 1.88. The number of hydrogen-bond acceptors (Lipinski definition) is 4. The van der Waals surface area contributed by atoms with E-state index in [0.717, 1.165) is 51.4 Å². The highest BCUT2D eigenvalue weighted by atomic mass is 16.2. The molecule has 1 aliphatic heterocycles. The first-order valence-electron chi connectivity index (χ1n) is 8.70. The molecule has 1 aromatic heterocycles. The average Bonchev–Trinajstić information content (AvgIpc) is 2.59. The molecule has 1 saturated heterocycles. The lowest BCUT2D eigenvalue weighted by Gasteiger charge is -2.34. The fourth-order valence-electron chi connectivity index (χ4n) is 3.13.